The summed E-state index contributed by atoms with van der Waals surface area (Å²) in [5, 5.41) is 9.96. The molecule has 1 heterocycles. The maximum atomic E-state index is 9.96. The van der Waals surface area contributed by atoms with E-state index in [2.05, 4.69) is 56.0 Å². The summed E-state index contributed by atoms with van der Waals surface area (Å²) in [6.07, 6.45) is 3.41. The van der Waals surface area contributed by atoms with Crippen molar-refractivity contribution < 1.29 is 5.11 Å². The van der Waals surface area contributed by atoms with E-state index in [-0.39, 0.29) is 5.41 Å². The van der Waals surface area contributed by atoms with Gasteiger partial charge in [-0.05, 0) is 72.9 Å². The predicted octanol–water partition coefficient (Wildman–Crippen LogP) is 4.47. The Balaban J connectivity index is 1.55. The van der Waals surface area contributed by atoms with Crippen LogP contribution in [0.3, 0.4) is 0 Å². The molecule has 2 aromatic carbocycles. The number of aromatic hydroxyl groups is 1. The second kappa shape index (κ2) is 6.17. The van der Waals surface area contributed by atoms with E-state index in [4.69, 9.17) is 0 Å². The van der Waals surface area contributed by atoms with Crippen molar-refractivity contribution in [1.29, 1.82) is 0 Å². The first-order valence-corrected chi connectivity index (χ1v) is 9.59. The highest BCUT2D eigenvalue weighted by Gasteiger charge is 2.48. The van der Waals surface area contributed by atoms with Gasteiger partial charge in [0.15, 0.2) is 0 Å². The molecule has 132 valence electrons. The maximum Gasteiger partial charge on any atom is 0.115 e. The molecule has 0 amide bonds. The van der Waals surface area contributed by atoms with Crippen LogP contribution in [-0.2, 0) is 18.3 Å². The molecule has 1 fully saturated rings. The van der Waals surface area contributed by atoms with Gasteiger partial charge in [0.25, 0.3) is 0 Å². The predicted molar refractivity (Wildman–Crippen MR) is 103 cm³/mol. The van der Waals surface area contributed by atoms with Gasteiger partial charge in [-0.25, -0.2) is 0 Å². The van der Waals surface area contributed by atoms with Gasteiger partial charge in [-0.15, -0.1) is 0 Å². The SMILES string of the molecule is Cc1ccc(CCN2CCC3(C)c4cc(O)ccc4CC2C3C)cc1. The number of nitrogens with zero attached hydrogens (tertiary/aromatic N) is 1. The molecule has 25 heavy (non-hydrogen) atoms. The summed E-state index contributed by atoms with van der Waals surface area (Å²) in [6, 6.07) is 15.6. The minimum absolute atomic E-state index is 0.192. The molecule has 2 aliphatic rings. The Kier molecular flexibility index (Phi) is 4.11. The van der Waals surface area contributed by atoms with Crippen LogP contribution >= 0.6 is 0 Å². The Labute approximate surface area is 151 Å². The Morgan fingerprint density at radius 1 is 1.16 bits per heavy atom. The number of piperidine rings is 1. The van der Waals surface area contributed by atoms with Crippen molar-refractivity contribution in [3.05, 3.63) is 64.7 Å². The third-order valence-corrected chi connectivity index (χ3v) is 6.92. The van der Waals surface area contributed by atoms with E-state index in [0.29, 0.717) is 17.7 Å². The molecule has 3 unspecified atom stereocenters. The zero-order valence-corrected chi connectivity index (χ0v) is 15.6. The fourth-order valence-corrected chi connectivity index (χ4v) is 5.00. The average Bonchev–Trinajstić information content (AvgIpc) is 2.60. The summed E-state index contributed by atoms with van der Waals surface area (Å²) >= 11 is 0. The summed E-state index contributed by atoms with van der Waals surface area (Å²) in [5.74, 6) is 1.03. The molecule has 2 aromatic rings. The summed E-state index contributed by atoms with van der Waals surface area (Å²) in [5.41, 5.74) is 5.78. The van der Waals surface area contributed by atoms with Gasteiger partial charge in [-0.3, -0.25) is 4.90 Å². The molecule has 2 nitrogen and oxygen atoms in total. The van der Waals surface area contributed by atoms with E-state index in [9.17, 15) is 5.11 Å². The van der Waals surface area contributed by atoms with Crippen LogP contribution in [0.25, 0.3) is 0 Å². The highest BCUT2D eigenvalue weighted by molar-refractivity contribution is 5.44. The molecule has 1 N–H and O–H groups in total. The fourth-order valence-electron chi connectivity index (χ4n) is 5.00. The first-order valence-electron chi connectivity index (χ1n) is 9.59. The smallest absolute Gasteiger partial charge is 0.115 e. The Bertz CT molecular complexity index is 766. The topological polar surface area (TPSA) is 23.5 Å². The molecule has 0 saturated carbocycles. The number of benzene rings is 2. The first kappa shape index (κ1) is 16.7. The molecular weight excluding hydrogens is 306 g/mol. The Morgan fingerprint density at radius 2 is 1.92 bits per heavy atom. The molecule has 0 aromatic heterocycles. The minimum atomic E-state index is 0.192. The average molecular weight is 335 g/mol. The lowest BCUT2D eigenvalue weighted by Crippen LogP contribution is -2.58. The second-order valence-electron chi connectivity index (χ2n) is 8.34. The lowest BCUT2D eigenvalue weighted by molar-refractivity contribution is 0.0322. The van der Waals surface area contributed by atoms with Crippen molar-refractivity contribution in [1.82, 2.24) is 4.90 Å². The monoisotopic (exact) mass is 335 g/mol. The van der Waals surface area contributed by atoms with Crippen molar-refractivity contribution in [2.75, 3.05) is 13.1 Å². The van der Waals surface area contributed by atoms with Gasteiger partial charge in [-0.2, -0.15) is 0 Å². The number of aryl methyl sites for hydroxylation is 1. The van der Waals surface area contributed by atoms with Gasteiger partial charge < -0.3 is 5.11 Å². The van der Waals surface area contributed by atoms with Gasteiger partial charge in [0.2, 0.25) is 0 Å². The quantitative estimate of drug-likeness (QED) is 0.895. The molecule has 2 bridgehead atoms. The summed E-state index contributed by atoms with van der Waals surface area (Å²) in [4.78, 5) is 2.71. The van der Waals surface area contributed by atoms with Crippen LogP contribution in [-0.4, -0.2) is 29.1 Å². The Morgan fingerprint density at radius 3 is 2.68 bits per heavy atom. The molecule has 2 heteroatoms. The molecule has 0 radical (unpaired) electrons. The number of phenolic OH excluding ortho intramolecular Hbond substituents is 1. The minimum Gasteiger partial charge on any atom is -0.508 e. The molecule has 3 atom stereocenters. The Hall–Kier alpha value is -1.80. The molecule has 0 spiro atoms. The van der Waals surface area contributed by atoms with Crippen molar-refractivity contribution in [2.45, 2.75) is 51.5 Å². The summed E-state index contributed by atoms with van der Waals surface area (Å²) in [6.45, 7) is 9.26. The van der Waals surface area contributed by atoms with Crippen LogP contribution in [0, 0.1) is 12.8 Å². The number of likely N-dealkylation sites (tertiary alicyclic amines) is 1. The van der Waals surface area contributed by atoms with Crippen molar-refractivity contribution in [3.8, 4) is 5.75 Å². The van der Waals surface area contributed by atoms with Crippen LogP contribution < -0.4 is 0 Å². The zero-order valence-electron chi connectivity index (χ0n) is 15.6. The van der Waals surface area contributed by atoms with E-state index < -0.39 is 0 Å². The van der Waals surface area contributed by atoms with Crippen LogP contribution in [0.15, 0.2) is 42.5 Å². The number of phenols is 1. The molecule has 1 aliphatic carbocycles. The largest absolute Gasteiger partial charge is 0.508 e. The van der Waals surface area contributed by atoms with E-state index in [0.717, 1.165) is 25.9 Å². The van der Waals surface area contributed by atoms with Crippen molar-refractivity contribution in [2.24, 2.45) is 5.92 Å². The van der Waals surface area contributed by atoms with Crippen LogP contribution in [0.4, 0.5) is 0 Å². The van der Waals surface area contributed by atoms with Gasteiger partial charge in [0, 0.05) is 12.6 Å². The zero-order chi connectivity index (χ0) is 17.6. The third-order valence-electron chi connectivity index (χ3n) is 6.92. The maximum absolute atomic E-state index is 9.96. The lowest BCUT2D eigenvalue weighted by atomic mass is 9.59. The summed E-state index contributed by atoms with van der Waals surface area (Å²) in [7, 11) is 0. The highest BCUT2D eigenvalue weighted by atomic mass is 16.3. The number of rotatable bonds is 3. The van der Waals surface area contributed by atoms with E-state index >= 15 is 0 Å². The van der Waals surface area contributed by atoms with Gasteiger partial charge in [0.05, 0.1) is 0 Å². The number of hydrogen-bond acceptors (Lipinski definition) is 2. The van der Waals surface area contributed by atoms with Gasteiger partial charge in [0.1, 0.15) is 5.75 Å². The normalized spacial score (nSPS) is 28.6. The standard InChI is InChI=1S/C23H29NO/c1-16-4-6-18(7-5-16)10-12-24-13-11-23(3)17(2)22(24)14-19-8-9-20(25)15-21(19)23/h4-9,15,17,22,25H,10-14H2,1-3H3. The third kappa shape index (κ3) is 2.87. The van der Waals surface area contributed by atoms with E-state index in [1.807, 2.05) is 12.1 Å². The second-order valence-corrected chi connectivity index (χ2v) is 8.34. The van der Waals surface area contributed by atoms with E-state index in [1.54, 1.807) is 0 Å². The molecule has 1 aliphatic heterocycles. The fraction of sp³-hybridized carbons (Fsp3) is 0.478. The number of hydrogen-bond donors (Lipinski definition) is 1. The van der Waals surface area contributed by atoms with Crippen LogP contribution in [0.1, 0.15) is 42.5 Å². The molecular formula is C23H29NO. The summed E-state index contributed by atoms with van der Waals surface area (Å²) < 4.78 is 0. The van der Waals surface area contributed by atoms with Crippen LogP contribution in [0.5, 0.6) is 5.75 Å². The highest BCUT2D eigenvalue weighted by Crippen LogP contribution is 2.49. The molecule has 4 rings (SSSR count). The number of fused-ring (bicyclic) bond motifs is 4. The first-order chi connectivity index (χ1) is 12.0. The van der Waals surface area contributed by atoms with Gasteiger partial charge in [-0.1, -0.05) is 49.7 Å². The lowest BCUT2D eigenvalue weighted by Gasteiger charge is -2.54. The van der Waals surface area contributed by atoms with E-state index in [1.165, 1.54) is 28.7 Å². The van der Waals surface area contributed by atoms with Crippen molar-refractivity contribution in [3.63, 3.8) is 0 Å². The van der Waals surface area contributed by atoms with Crippen LogP contribution in [0.2, 0.25) is 0 Å². The molecule has 1 saturated heterocycles. The van der Waals surface area contributed by atoms with Gasteiger partial charge >= 0.3 is 0 Å². The van der Waals surface area contributed by atoms with Crippen molar-refractivity contribution >= 4 is 0 Å².